The Kier molecular flexibility index (Phi) is 19.7. The largest absolute Gasteiger partial charge is 0.480 e. The van der Waals surface area contributed by atoms with E-state index in [0.29, 0.717) is 19.8 Å². The highest BCUT2D eigenvalue weighted by Crippen LogP contribution is 2.10. The van der Waals surface area contributed by atoms with Crippen LogP contribution in [0.1, 0.15) is 38.3 Å². The van der Waals surface area contributed by atoms with Crippen molar-refractivity contribution in [1.82, 2.24) is 16.0 Å². The van der Waals surface area contributed by atoms with Crippen LogP contribution >= 0.6 is 0 Å². The monoisotopic (exact) mass is 703 g/mol. The zero-order valence-electron chi connectivity index (χ0n) is 28.9. The predicted octanol–water partition coefficient (Wildman–Crippen LogP) is 2.01. The molecular weight excluding hydrogens is 654 g/mol. The lowest BCUT2D eigenvalue weighted by Gasteiger charge is -2.25. The summed E-state index contributed by atoms with van der Waals surface area (Å²) in [5.74, 6) is -3.03. The van der Waals surface area contributed by atoms with Crippen molar-refractivity contribution in [3.8, 4) is 0 Å². The summed E-state index contributed by atoms with van der Waals surface area (Å²) in [6, 6.07) is 15.6. The topological polar surface area (TPSA) is 197 Å². The van der Waals surface area contributed by atoms with Crippen molar-refractivity contribution in [2.75, 3.05) is 59.4 Å². The molecule has 0 fully saturated rings. The molecule has 3 amide bonds. The molecule has 0 saturated heterocycles. The van der Waals surface area contributed by atoms with Crippen LogP contribution in [0.15, 0.2) is 60.7 Å². The Morgan fingerprint density at radius 2 is 1.22 bits per heavy atom. The van der Waals surface area contributed by atoms with E-state index in [-0.39, 0.29) is 52.6 Å². The van der Waals surface area contributed by atoms with Gasteiger partial charge < -0.3 is 49.5 Å². The lowest BCUT2D eigenvalue weighted by Crippen LogP contribution is -2.55. The molecule has 276 valence electrons. The second-order valence-corrected chi connectivity index (χ2v) is 11.9. The van der Waals surface area contributed by atoms with Crippen molar-refractivity contribution in [2.24, 2.45) is 0 Å². The van der Waals surface area contributed by atoms with Crippen LogP contribution in [-0.4, -0.2) is 112 Å². The minimum Gasteiger partial charge on any atom is -0.480 e. The Morgan fingerprint density at radius 3 is 1.78 bits per heavy atom. The van der Waals surface area contributed by atoms with E-state index in [1.165, 1.54) is 0 Å². The Morgan fingerprint density at radius 1 is 0.680 bits per heavy atom. The van der Waals surface area contributed by atoms with Crippen LogP contribution in [0.25, 0.3) is 0 Å². The number of hydrogen-bond acceptors (Lipinski definition) is 11. The number of aliphatic carboxylic acids is 1. The number of hydrogen-bond donors (Lipinski definition) is 4. The maximum Gasteiger partial charge on any atom is 0.408 e. The van der Waals surface area contributed by atoms with E-state index in [9.17, 15) is 24.0 Å². The molecule has 0 unspecified atom stereocenters. The number of ether oxygens (including phenoxy) is 6. The molecule has 2 aromatic rings. The van der Waals surface area contributed by atoms with Gasteiger partial charge in [0.1, 0.15) is 30.9 Å². The molecule has 0 heterocycles. The standard InChI is InChI=1S/C35H49N3O12/c1-35(2,3)50-34(44)38-29(23-31(41)49-24-27-12-8-5-9-13-27)33(43)37-28(22-26-10-6-4-7-11-26)32(42)36-14-15-45-16-17-46-18-19-47-20-21-48-25-30(39)40/h4-13,28-29H,14-25H2,1-3H3,(H,36,42)(H,37,43)(H,38,44)(H,39,40)/t28-,29-/m0/s1. The van der Waals surface area contributed by atoms with E-state index in [4.69, 9.17) is 33.5 Å². The second kappa shape index (κ2) is 23.7. The van der Waals surface area contributed by atoms with Crippen molar-refractivity contribution < 1.29 is 57.5 Å². The van der Waals surface area contributed by atoms with Crippen LogP contribution in [-0.2, 0) is 60.6 Å². The van der Waals surface area contributed by atoms with Crippen LogP contribution in [0.4, 0.5) is 4.79 Å². The van der Waals surface area contributed by atoms with Crippen molar-refractivity contribution >= 4 is 29.8 Å². The first-order chi connectivity index (χ1) is 23.9. The highest BCUT2D eigenvalue weighted by molar-refractivity contribution is 5.93. The first kappa shape index (κ1) is 41.6. The van der Waals surface area contributed by atoms with Crippen LogP contribution < -0.4 is 16.0 Å². The van der Waals surface area contributed by atoms with E-state index < -0.39 is 54.0 Å². The number of rotatable bonds is 24. The summed E-state index contributed by atoms with van der Waals surface area (Å²) >= 11 is 0. The van der Waals surface area contributed by atoms with E-state index >= 15 is 0 Å². The van der Waals surface area contributed by atoms with Gasteiger partial charge in [-0.25, -0.2) is 9.59 Å². The van der Waals surface area contributed by atoms with Gasteiger partial charge in [-0.05, 0) is 31.9 Å². The Bertz CT molecular complexity index is 1310. The van der Waals surface area contributed by atoms with Crippen molar-refractivity contribution in [2.45, 2.75) is 57.9 Å². The van der Waals surface area contributed by atoms with Gasteiger partial charge >= 0.3 is 18.0 Å². The molecule has 0 radical (unpaired) electrons. The normalized spacial score (nSPS) is 12.3. The van der Waals surface area contributed by atoms with Gasteiger partial charge in [-0.2, -0.15) is 0 Å². The average molecular weight is 704 g/mol. The third-order valence-electron chi connectivity index (χ3n) is 6.42. The number of nitrogens with one attached hydrogen (secondary N) is 3. The maximum absolute atomic E-state index is 13.5. The smallest absolute Gasteiger partial charge is 0.408 e. The summed E-state index contributed by atoms with van der Waals surface area (Å²) in [4.78, 5) is 62.5. The number of alkyl carbamates (subject to hydrolysis) is 1. The third-order valence-corrected chi connectivity index (χ3v) is 6.42. The molecule has 0 aliphatic rings. The summed E-state index contributed by atoms with van der Waals surface area (Å²) < 4.78 is 31.7. The van der Waals surface area contributed by atoms with Crippen LogP contribution in [0.2, 0.25) is 0 Å². The van der Waals surface area contributed by atoms with E-state index in [1.807, 2.05) is 24.3 Å². The summed E-state index contributed by atoms with van der Waals surface area (Å²) in [5, 5.41) is 16.4. The minimum absolute atomic E-state index is 0.0183. The molecule has 0 saturated carbocycles. The highest BCUT2D eigenvalue weighted by Gasteiger charge is 2.30. The second-order valence-electron chi connectivity index (χ2n) is 11.9. The molecule has 15 nitrogen and oxygen atoms in total. The van der Waals surface area contributed by atoms with E-state index in [2.05, 4.69) is 16.0 Å². The lowest BCUT2D eigenvalue weighted by atomic mass is 10.0. The fourth-order valence-electron chi connectivity index (χ4n) is 4.14. The first-order valence-corrected chi connectivity index (χ1v) is 16.3. The number of amides is 3. The van der Waals surface area contributed by atoms with Gasteiger partial charge in [-0.3, -0.25) is 14.4 Å². The molecule has 0 aromatic heterocycles. The summed E-state index contributed by atoms with van der Waals surface area (Å²) in [6.07, 6.45) is -1.27. The lowest BCUT2D eigenvalue weighted by molar-refractivity contribution is -0.147. The molecule has 0 spiro atoms. The van der Waals surface area contributed by atoms with Crippen molar-refractivity contribution in [3.63, 3.8) is 0 Å². The third kappa shape index (κ3) is 20.1. The summed E-state index contributed by atoms with van der Waals surface area (Å²) in [5.41, 5.74) is 0.664. The SMILES string of the molecule is CC(C)(C)OC(=O)N[C@@H](CC(=O)OCc1ccccc1)C(=O)N[C@@H](Cc1ccccc1)C(=O)NCCOCCOCCOCCOCC(=O)O. The number of carboxylic acid groups (broad SMARTS) is 1. The molecule has 4 N–H and O–H groups in total. The Balaban J connectivity index is 1.89. The summed E-state index contributed by atoms with van der Waals surface area (Å²) in [7, 11) is 0. The summed E-state index contributed by atoms with van der Waals surface area (Å²) in [6.45, 7) is 6.51. The number of carbonyl (C=O) groups excluding carboxylic acids is 4. The zero-order valence-corrected chi connectivity index (χ0v) is 28.9. The molecule has 50 heavy (non-hydrogen) atoms. The minimum atomic E-state index is -1.39. The van der Waals surface area contributed by atoms with Crippen LogP contribution in [0, 0.1) is 0 Å². The molecule has 0 aliphatic heterocycles. The number of carboxylic acids is 1. The number of benzene rings is 2. The Hall–Kier alpha value is -4.57. The molecule has 0 aliphatic carbocycles. The quantitative estimate of drug-likeness (QED) is 0.0919. The molecule has 0 bridgehead atoms. The van der Waals surface area contributed by atoms with Gasteiger partial charge in [0.2, 0.25) is 11.8 Å². The number of esters is 1. The van der Waals surface area contributed by atoms with E-state index in [1.54, 1.807) is 57.2 Å². The van der Waals surface area contributed by atoms with Gasteiger partial charge in [0.25, 0.3) is 0 Å². The zero-order chi connectivity index (χ0) is 36.6. The van der Waals surface area contributed by atoms with Gasteiger partial charge in [-0.15, -0.1) is 0 Å². The average Bonchev–Trinajstić information content (AvgIpc) is 3.06. The predicted molar refractivity (Wildman–Crippen MR) is 180 cm³/mol. The van der Waals surface area contributed by atoms with Crippen molar-refractivity contribution in [3.05, 3.63) is 71.8 Å². The fourth-order valence-corrected chi connectivity index (χ4v) is 4.14. The van der Waals surface area contributed by atoms with Crippen LogP contribution in [0.3, 0.4) is 0 Å². The van der Waals surface area contributed by atoms with Crippen LogP contribution in [0.5, 0.6) is 0 Å². The molecule has 2 atom stereocenters. The molecule has 2 rings (SSSR count). The van der Waals surface area contributed by atoms with Gasteiger partial charge in [0.15, 0.2) is 0 Å². The number of carbonyl (C=O) groups is 5. The van der Waals surface area contributed by atoms with Gasteiger partial charge in [0, 0.05) is 13.0 Å². The van der Waals surface area contributed by atoms with E-state index in [0.717, 1.165) is 11.1 Å². The molecule has 15 heteroatoms. The molecular formula is C35H49N3O12. The Labute approximate surface area is 292 Å². The van der Waals surface area contributed by atoms with Gasteiger partial charge in [-0.1, -0.05) is 60.7 Å². The van der Waals surface area contributed by atoms with Gasteiger partial charge in [0.05, 0.1) is 52.7 Å². The maximum atomic E-state index is 13.5. The van der Waals surface area contributed by atoms with Crippen molar-refractivity contribution in [1.29, 1.82) is 0 Å². The fraction of sp³-hybridized carbons (Fsp3) is 0.514. The first-order valence-electron chi connectivity index (χ1n) is 16.3. The molecule has 2 aromatic carbocycles. The highest BCUT2D eigenvalue weighted by atomic mass is 16.6.